The van der Waals surface area contributed by atoms with Crippen molar-refractivity contribution in [3.8, 4) is 5.75 Å². The van der Waals surface area contributed by atoms with Gasteiger partial charge in [-0.1, -0.05) is 6.92 Å². The van der Waals surface area contributed by atoms with E-state index in [0.29, 0.717) is 16.7 Å². The number of halogens is 1. The lowest BCUT2D eigenvalue weighted by Crippen LogP contribution is -2.23. The van der Waals surface area contributed by atoms with Gasteiger partial charge in [-0.05, 0) is 12.5 Å². The molecule has 5 nitrogen and oxygen atoms in total. The van der Waals surface area contributed by atoms with Gasteiger partial charge in [0.2, 0.25) is 0 Å². The third-order valence-electron chi connectivity index (χ3n) is 2.96. The third kappa shape index (κ3) is 2.73. The van der Waals surface area contributed by atoms with Gasteiger partial charge >= 0.3 is 0 Å². The zero-order chi connectivity index (χ0) is 13.8. The summed E-state index contributed by atoms with van der Waals surface area (Å²) in [4.78, 5) is 8.16. The lowest BCUT2D eigenvalue weighted by molar-refractivity contribution is 0.271. The van der Waals surface area contributed by atoms with Gasteiger partial charge in [0.05, 0.1) is 25.3 Å². The number of fused-ring (bicyclic) bond motifs is 1. The minimum Gasteiger partial charge on any atom is -0.494 e. The highest BCUT2D eigenvalue weighted by atomic mass is 19.1. The maximum atomic E-state index is 13.6. The first-order valence-corrected chi connectivity index (χ1v) is 6.05. The fourth-order valence-corrected chi connectivity index (χ4v) is 1.80. The molecule has 0 aliphatic rings. The molecular formula is C13H16FN3O2. The van der Waals surface area contributed by atoms with Crippen LogP contribution in [-0.4, -0.2) is 34.8 Å². The van der Waals surface area contributed by atoms with Gasteiger partial charge in [-0.15, -0.1) is 0 Å². The number of rotatable bonds is 5. The van der Waals surface area contributed by atoms with Crippen LogP contribution in [0.25, 0.3) is 10.9 Å². The van der Waals surface area contributed by atoms with E-state index in [1.54, 1.807) is 6.07 Å². The fraction of sp³-hybridized carbons (Fsp3) is 0.385. The van der Waals surface area contributed by atoms with Crippen LogP contribution < -0.4 is 10.1 Å². The first kappa shape index (κ1) is 13.5. The molecule has 1 aromatic heterocycles. The number of nitrogens with zero attached hydrogens (tertiary/aromatic N) is 2. The smallest absolute Gasteiger partial charge is 0.167 e. The Morgan fingerprint density at radius 3 is 2.84 bits per heavy atom. The number of hydrogen-bond acceptors (Lipinski definition) is 5. The molecule has 0 saturated carbocycles. The Labute approximate surface area is 110 Å². The van der Waals surface area contributed by atoms with Gasteiger partial charge in [0.15, 0.2) is 11.6 Å². The van der Waals surface area contributed by atoms with Gasteiger partial charge in [0, 0.05) is 11.5 Å². The molecule has 0 spiro atoms. The average Bonchev–Trinajstić information content (AvgIpc) is 2.44. The van der Waals surface area contributed by atoms with Crippen LogP contribution in [0.15, 0.2) is 18.5 Å². The van der Waals surface area contributed by atoms with Gasteiger partial charge in [-0.25, -0.2) is 14.4 Å². The van der Waals surface area contributed by atoms with E-state index >= 15 is 0 Å². The van der Waals surface area contributed by atoms with E-state index in [2.05, 4.69) is 15.3 Å². The average molecular weight is 265 g/mol. The molecule has 2 aromatic rings. The Balaban J connectivity index is 2.49. The van der Waals surface area contributed by atoms with E-state index in [0.717, 1.165) is 6.42 Å². The predicted molar refractivity (Wildman–Crippen MR) is 70.8 cm³/mol. The molecule has 1 unspecified atom stereocenters. The van der Waals surface area contributed by atoms with E-state index in [4.69, 9.17) is 4.74 Å². The van der Waals surface area contributed by atoms with Crippen molar-refractivity contribution in [3.05, 3.63) is 24.3 Å². The first-order chi connectivity index (χ1) is 9.19. The predicted octanol–water partition coefficient (Wildman–Crippen LogP) is 1.96. The Kier molecular flexibility index (Phi) is 4.11. The molecule has 0 aliphatic heterocycles. The molecule has 0 radical (unpaired) electrons. The fourth-order valence-electron chi connectivity index (χ4n) is 1.80. The number of ether oxygens (including phenoxy) is 1. The molecule has 19 heavy (non-hydrogen) atoms. The molecule has 1 aromatic carbocycles. The van der Waals surface area contributed by atoms with Crippen LogP contribution in [0.2, 0.25) is 0 Å². The van der Waals surface area contributed by atoms with Crippen LogP contribution in [0.3, 0.4) is 0 Å². The monoisotopic (exact) mass is 265 g/mol. The van der Waals surface area contributed by atoms with Gasteiger partial charge < -0.3 is 15.2 Å². The van der Waals surface area contributed by atoms with Crippen LogP contribution in [0.1, 0.15) is 13.3 Å². The lowest BCUT2D eigenvalue weighted by atomic mass is 10.2. The summed E-state index contributed by atoms with van der Waals surface area (Å²) in [6.45, 7) is 1.96. The number of nitrogens with one attached hydrogen (secondary N) is 1. The Morgan fingerprint density at radius 2 is 2.21 bits per heavy atom. The number of hydrogen-bond donors (Lipinski definition) is 2. The summed E-state index contributed by atoms with van der Waals surface area (Å²) in [7, 11) is 1.41. The zero-order valence-electron chi connectivity index (χ0n) is 10.9. The van der Waals surface area contributed by atoms with Gasteiger partial charge in [-0.3, -0.25) is 0 Å². The Bertz CT molecular complexity index is 573. The summed E-state index contributed by atoms with van der Waals surface area (Å²) in [5.74, 6) is 0.237. The van der Waals surface area contributed by atoms with Crippen molar-refractivity contribution >= 4 is 16.7 Å². The van der Waals surface area contributed by atoms with Crippen molar-refractivity contribution in [2.75, 3.05) is 19.0 Å². The van der Waals surface area contributed by atoms with E-state index in [1.807, 2.05) is 6.92 Å². The summed E-state index contributed by atoms with van der Waals surface area (Å²) in [6.07, 6.45) is 2.11. The second-order valence-corrected chi connectivity index (χ2v) is 4.16. The van der Waals surface area contributed by atoms with Gasteiger partial charge in [0.1, 0.15) is 12.1 Å². The van der Waals surface area contributed by atoms with Crippen LogP contribution >= 0.6 is 0 Å². The highest BCUT2D eigenvalue weighted by Crippen LogP contribution is 2.27. The molecule has 6 heteroatoms. The van der Waals surface area contributed by atoms with Crippen molar-refractivity contribution in [2.24, 2.45) is 0 Å². The number of aromatic nitrogens is 2. The molecule has 0 fully saturated rings. The largest absolute Gasteiger partial charge is 0.494 e. The van der Waals surface area contributed by atoms with Crippen molar-refractivity contribution in [2.45, 2.75) is 19.4 Å². The number of benzene rings is 1. The molecule has 1 heterocycles. The molecular weight excluding hydrogens is 249 g/mol. The highest BCUT2D eigenvalue weighted by Gasteiger charge is 2.12. The minimum absolute atomic E-state index is 0.000323. The second kappa shape index (κ2) is 5.79. The van der Waals surface area contributed by atoms with E-state index in [1.165, 1.54) is 19.5 Å². The molecule has 0 aliphatic carbocycles. The Morgan fingerprint density at radius 1 is 1.42 bits per heavy atom. The highest BCUT2D eigenvalue weighted by molar-refractivity contribution is 5.90. The number of aliphatic hydroxyl groups excluding tert-OH is 1. The summed E-state index contributed by atoms with van der Waals surface area (Å²) < 4.78 is 18.6. The standard InChI is InChI=1S/C13H16FN3O2/c1-3-8(6-18)17-13-9-4-12(19-2)10(14)5-11(9)15-7-16-13/h4-5,7-8,18H,3,6H2,1-2H3,(H,15,16,17). The molecule has 102 valence electrons. The first-order valence-electron chi connectivity index (χ1n) is 6.05. The summed E-state index contributed by atoms with van der Waals surface area (Å²) in [6, 6.07) is 2.76. The molecule has 1 atom stereocenters. The zero-order valence-corrected chi connectivity index (χ0v) is 10.9. The third-order valence-corrected chi connectivity index (χ3v) is 2.96. The SMILES string of the molecule is CCC(CO)Nc1ncnc2cc(F)c(OC)cc12. The molecule has 2 rings (SSSR count). The molecule has 2 N–H and O–H groups in total. The maximum Gasteiger partial charge on any atom is 0.167 e. The van der Waals surface area contributed by atoms with Crippen molar-refractivity contribution in [1.82, 2.24) is 9.97 Å². The molecule has 0 amide bonds. The molecule has 0 bridgehead atoms. The van der Waals surface area contributed by atoms with Crippen LogP contribution in [-0.2, 0) is 0 Å². The number of anilines is 1. The minimum atomic E-state index is -0.464. The van der Waals surface area contributed by atoms with E-state index < -0.39 is 5.82 Å². The summed E-state index contributed by atoms with van der Waals surface area (Å²) in [5, 5.41) is 13.0. The normalized spacial score (nSPS) is 12.4. The van der Waals surface area contributed by atoms with Gasteiger partial charge in [0.25, 0.3) is 0 Å². The quantitative estimate of drug-likeness (QED) is 0.865. The topological polar surface area (TPSA) is 67.3 Å². The van der Waals surface area contributed by atoms with Gasteiger partial charge in [-0.2, -0.15) is 0 Å². The summed E-state index contributed by atoms with van der Waals surface area (Å²) in [5.41, 5.74) is 0.489. The van der Waals surface area contributed by atoms with Crippen LogP contribution in [0, 0.1) is 5.82 Å². The van der Waals surface area contributed by atoms with Crippen molar-refractivity contribution < 1.29 is 14.2 Å². The van der Waals surface area contributed by atoms with Crippen molar-refractivity contribution in [1.29, 1.82) is 0 Å². The number of aliphatic hydroxyl groups is 1. The van der Waals surface area contributed by atoms with E-state index in [-0.39, 0.29) is 18.4 Å². The second-order valence-electron chi connectivity index (χ2n) is 4.16. The Hall–Kier alpha value is -1.95. The molecule has 0 saturated heterocycles. The van der Waals surface area contributed by atoms with E-state index in [9.17, 15) is 9.50 Å². The van der Waals surface area contributed by atoms with Crippen LogP contribution in [0.4, 0.5) is 10.2 Å². The van der Waals surface area contributed by atoms with Crippen LogP contribution in [0.5, 0.6) is 5.75 Å². The lowest BCUT2D eigenvalue weighted by Gasteiger charge is -2.16. The number of methoxy groups -OCH3 is 1. The maximum absolute atomic E-state index is 13.6. The summed E-state index contributed by atoms with van der Waals surface area (Å²) >= 11 is 0. The van der Waals surface area contributed by atoms with Crippen molar-refractivity contribution in [3.63, 3.8) is 0 Å².